The predicted octanol–water partition coefficient (Wildman–Crippen LogP) is 2.61. The normalized spacial score (nSPS) is 14.0. The van der Waals surface area contributed by atoms with Gasteiger partial charge in [0.2, 0.25) is 0 Å². The Labute approximate surface area is 153 Å². The summed E-state index contributed by atoms with van der Waals surface area (Å²) in [6.07, 6.45) is 0.482. The van der Waals surface area contributed by atoms with Gasteiger partial charge < -0.3 is 25.0 Å². The molecule has 0 aliphatic rings. The molecule has 7 heteroatoms. The molecule has 1 atom stereocenters. The van der Waals surface area contributed by atoms with Crippen LogP contribution in [0.15, 0.2) is 4.99 Å². The first-order valence-electron chi connectivity index (χ1n) is 8.95. The van der Waals surface area contributed by atoms with Gasteiger partial charge in [-0.3, -0.25) is 4.99 Å². The van der Waals surface area contributed by atoms with Crippen molar-refractivity contribution >= 4 is 12.1 Å². The van der Waals surface area contributed by atoms with Crippen molar-refractivity contribution in [3.05, 3.63) is 0 Å². The highest BCUT2D eigenvalue weighted by atomic mass is 16.6. The molecule has 0 saturated heterocycles. The number of nitrogens with zero attached hydrogens (tertiary/aromatic N) is 2. The van der Waals surface area contributed by atoms with Crippen molar-refractivity contribution in [3.63, 3.8) is 0 Å². The van der Waals surface area contributed by atoms with Crippen LogP contribution >= 0.6 is 0 Å². The molecule has 0 aromatic rings. The highest BCUT2D eigenvalue weighted by molar-refractivity contribution is 5.79. The summed E-state index contributed by atoms with van der Waals surface area (Å²) in [7, 11) is 3.45. The summed E-state index contributed by atoms with van der Waals surface area (Å²) in [6, 6.07) is 0.0562. The fourth-order valence-corrected chi connectivity index (χ4v) is 1.78. The number of amides is 1. The SMILES string of the molecule is CCNC(=NCC(C)(C)OC)NCCC(C)N(C)C(=O)OC(C)(C)C. The molecule has 0 heterocycles. The third-order valence-corrected chi connectivity index (χ3v) is 3.71. The molecule has 0 rings (SSSR count). The van der Waals surface area contributed by atoms with Gasteiger partial charge in [-0.1, -0.05) is 0 Å². The molecule has 2 N–H and O–H groups in total. The van der Waals surface area contributed by atoms with Crippen molar-refractivity contribution in [2.45, 2.75) is 72.1 Å². The van der Waals surface area contributed by atoms with Crippen LogP contribution in [0.4, 0.5) is 4.79 Å². The van der Waals surface area contributed by atoms with Crippen molar-refractivity contribution in [3.8, 4) is 0 Å². The van der Waals surface area contributed by atoms with E-state index in [0.717, 1.165) is 18.9 Å². The minimum absolute atomic E-state index is 0.0562. The standard InChI is InChI=1S/C18H38N4O3/c1-10-19-15(21-13-18(6,7)24-9)20-12-11-14(2)22(8)16(23)25-17(3,4)5/h14H,10-13H2,1-9H3,(H2,19,20,21). The monoisotopic (exact) mass is 358 g/mol. The van der Waals surface area contributed by atoms with Gasteiger partial charge in [-0.25, -0.2) is 4.79 Å². The molecular formula is C18H38N4O3. The number of carbonyl (C=O) groups excluding carboxylic acids is 1. The lowest BCUT2D eigenvalue weighted by Crippen LogP contribution is -2.43. The molecular weight excluding hydrogens is 320 g/mol. The van der Waals surface area contributed by atoms with Crippen LogP contribution in [-0.4, -0.2) is 68.0 Å². The molecule has 0 bridgehead atoms. The molecule has 7 nitrogen and oxygen atoms in total. The Hall–Kier alpha value is -1.50. The van der Waals surface area contributed by atoms with Gasteiger partial charge in [0.15, 0.2) is 5.96 Å². The molecule has 0 spiro atoms. The Balaban J connectivity index is 4.47. The first kappa shape index (κ1) is 23.5. The Morgan fingerprint density at radius 2 is 1.80 bits per heavy atom. The van der Waals surface area contributed by atoms with E-state index in [9.17, 15) is 4.79 Å². The van der Waals surface area contributed by atoms with Gasteiger partial charge in [0.05, 0.1) is 12.1 Å². The van der Waals surface area contributed by atoms with Crippen LogP contribution in [-0.2, 0) is 9.47 Å². The van der Waals surface area contributed by atoms with Crippen LogP contribution in [0.25, 0.3) is 0 Å². The van der Waals surface area contributed by atoms with Crippen LogP contribution in [0, 0.1) is 0 Å². The van der Waals surface area contributed by atoms with E-state index in [-0.39, 0.29) is 17.7 Å². The second-order valence-corrected chi connectivity index (χ2v) is 7.81. The second-order valence-electron chi connectivity index (χ2n) is 7.81. The molecule has 0 aromatic heterocycles. The van der Waals surface area contributed by atoms with E-state index >= 15 is 0 Å². The lowest BCUT2D eigenvalue weighted by molar-refractivity contribution is 0.0230. The lowest BCUT2D eigenvalue weighted by atomic mass is 10.1. The molecule has 0 aliphatic carbocycles. The minimum Gasteiger partial charge on any atom is -0.444 e. The van der Waals surface area contributed by atoms with Gasteiger partial charge >= 0.3 is 6.09 Å². The zero-order chi connectivity index (χ0) is 19.7. The number of rotatable bonds is 8. The maximum absolute atomic E-state index is 12.1. The third kappa shape index (κ3) is 10.9. The Morgan fingerprint density at radius 1 is 1.20 bits per heavy atom. The molecule has 1 unspecified atom stereocenters. The summed E-state index contributed by atoms with van der Waals surface area (Å²) in [5.74, 6) is 0.750. The van der Waals surface area contributed by atoms with Gasteiger partial charge in [-0.05, 0) is 54.9 Å². The fourth-order valence-electron chi connectivity index (χ4n) is 1.78. The van der Waals surface area contributed by atoms with Crippen LogP contribution < -0.4 is 10.6 Å². The number of aliphatic imine (C=N–C) groups is 1. The van der Waals surface area contributed by atoms with E-state index < -0.39 is 5.60 Å². The topological polar surface area (TPSA) is 75.2 Å². The van der Waals surface area contributed by atoms with Crippen molar-refractivity contribution in [1.29, 1.82) is 0 Å². The van der Waals surface area contributed by atoms with Crippen molar-refractivity contribution in [2.75, 3.05) is 33.8 Å². The summed E-state index contributed by atoms with van der Waals surface area (Å²) < 4.78 is 10.8. The average Bonchev–Trinajstić information content (AvgIpc) is 2.50. The van der Waals surface area contributed by atoms with E-state index in [1.54, 1.807) is 19.1 Å². The largest absolute Gasteiger partial charge is 0.444 e. The number of hydrogen-bond acceptors (Lipinski definition) is 4. The molecule has 25 heavy (non-hydrogen) atoms. The van der Waals surface area contributed by atoms with Crippen LogP contribution in [0.3, 0.4) is 0 Å². The van der Waals surface area contributed by atoms with Crippen LogP contribution in [0.5, 0.6) is 0 Å². The average molecular weight is 359 g/mol. The molecule has 1 amide bonds. The van der Waals surface area contributed by atoms with Gasteiger partial charge in [-0.15, -0.1) is 0 Å². The number of nitrogens with one attached hydrogen (secondary N) is 2. The quantitative estimate of drug-likeness (QED) is 0.515. The van der Waals surface area contributed by atoms with Crippen LogP contribution in [0.2, 0.25) is 0 Å². The smallest absolute Gasteiger partial charge is 0.410 e. The number of ether oxygens (including phenoxy) is 2. The summed E-state index contributed by atoms with van der Waals surface area (Å²) in [5, 5.41) is 6.51. The van der Waals surface area contributed by atoms with E-state index in [2.05, 4.69) is 15.6 Å². The predicted molar refractivity (Wildman–Crippen MR) is 103 cm³/mol. The highest BCUT2D eigenvalue weighted by Crippen LogP contribution is 2.11. The summed E-state index contributed by atoms with van der Waals surface area (Å²) in [6.45, 7) is 15.7. The van der Waals surface area contributed by atoms with Gasteiger partial charge in [-0.2, -0.15) is 0 Å². The van der Waals surface area contributed by atoms with Crippen molar-refractivity contribution < 1.29 is 14.3 Å². The fraction of sp³-hybridized carbons (Fsp3) is 0.889. The van der Waals surface area contributed by atoms with Crippen molar-refractivity contribution in [2.24, 2.45) is 4.99 Å². The minimum atomic E-state index is -0.484. The maximum atomic E-state index is 12.1. The van der Waals surface area contributed by atoms with Gasteiger partial charge in [0.1, 0.15) is 5.60 Å². The molecule has 0 saturated carbocycles. The first-order valence-corrected chi connectivity index (χ1v) is 8.95. The van der Waals surface area contributed by atoms with Crippen molar-refractivity contribution in [1.82, 2.24) is 15.5 Å². The maximum Gasteiger partial charge on any atom is 0.410 e. The number of guanidine groups is 1. The highest BCUT2D eigenvalue weighted by Gasteiger charge is 2.22. The Kier molecular flexibility index (Phi) is 9.85. The number of carbonyl (C=O) groups is 1. The Morgan fingerprint density at radius 3 is 2.28 bits per heavy atom. The zero-order valence-corrected chi connectivity index (χ0v) is 17.5. The summed E-state index contributed by atoms with van der Waals surface area (Å²) >= 11 is 0. The molecule has 0 fully saturated rings. The molecule has 0 aliphatic heterocycles. The molecule has 148 valence electrons. The molecule has 0 aromatic carbocycles. The summed E-state index contributed by atoms with van der Waals surface area (Å²) in [4.78, 5) is 18.3. The Bertz CT molecular complexity index is 431. The van der Waals surface area contributed by atoms with E-state index in [1.807, 2.05) is 48.5 Å². The number of methoxy groups -OCH3 is 1. The van der Waals surface area contributed by atoms with Crippen LogP contribution in [0.1, 0.15) is 54.9 Å². The second kappa shape index (κ2) is 10.5. The first-order chi connectivity index (χ1) is 11.4. The molecule has 0 radical (unpaired) electrons. The third-order valence-electron chi connectivity index (χ3n) is 3.71. The van der Waals surface area contributed by atoms with E-state index in [4.69, 9.17) is 9.47 Å². The van der Waals surface area contributed by atoms with Gasteiger partial charge in [0.25, 0.3) is 0 Å². The summed E-state index contributed by atoms with van der Waals surface area (Å²) in [5.41, 5.74) is -0.783. The number of hydrogen-bond donors (Lipinski definition) is 2. The van der Waals surface area contributed by atoms with E-state index in [1.165, 1.54) is 0 Å². The zero-order valence-electron chi connectivity index (χ0n) is 17.5. The lowest BCUT2D eigenvalue weighted by Gasteiger charge is -2.29. The van der Waals surface area contributed by atoms with Gasteiger partial charge in [0, 0.05) is 33.3 Å². The van der Waals surface area contributed by atoms with E-state index in [0.29, 0.717) is 13.1 Å².